The molecule has 2 aromatic heterocycles. The smallest absolute Gasteiger partial charge is 0.300 e. The number of carbonyl (C=O) groups is 1. The Morgan fingerprint density at radius 3 is 2.95 bits per heavy atom. The van der Waals surface area contributed by atoms with E-state index in [9.17, 15) is 9.59 Å². The molecule has 6 heteroatoms. The monoisotopic (exact) mass is 273 g/mol. The van der Waals surface area contributed by atoms with Crippen LogP contribution < -0.4 is 16.8 Å². The first-order valence-corrected chi connectivity index (χ1v) is 6.50. The Labute approximate surface area is 115 Å². The van der Waals surface area contributed by atoms with Crippen LogP contribution >= 0.6 is 0 Å². The third-order valence-corrected chi connectivity index (χ3v) is 3.58. The van der Waals surface area contributed by atoms with E-state index in [-0.39, 0.29) is 11.3 Å². The number of hydrogen-bond acceptors (Lipinski definition) is 4. The normalized spacial score (nSPS) is 13.2. The standard InChI is InChI=1S/C14H15N3O3/c15-16-14(19)12-6-5-10(20-12)8-17-11-3-1-2-9(11)4-7-13(17)18/h4-7H,1-3,8,15H2,(H,16,19). The predicted octanol–water partition coefficient (Wildman–Crippen LogP) is 0.582. The quantitative estimate of drug-likeness (QED) is 0.486. The molecular weight excluding hydrogens is 258 g/mol. The third-order valence-electron chi connectivity index (χ3n) is 3.58. The van der Waals surface area contributed by atoms with Crippen molar-refractivity contribution in [1.29, 1.82) is 0 Å². The van der Waals surface area contributed by atoms with Crippen LogP contribution in [0.2, 0.25) is 0 Å². The minimum Gasteiger partial charge on any atom is -0.454 e. The molecule has 3 N–H and O–H groups in total. The molecule has 0 spiro atoms. The number of nitrogens with zero attached hydrogens (tertiary/aromatic N) is 1. The summed E-state index contributed by atoms with van der Waals surface area (Å²) in [5, 5.41) is 0. The number of hydrazine groups is 1. The lowest BCUT2D eigenvalue weighted by molar-refractivity contribution is 0.0924. The van der Waals surface area contributed by atoms with Gasteiger partial charge in [-0.2, -0.15) is 0 Å². The van der Waals surface area contributed by atoms with Gasteiger partial charge in [0.25, 0.3) is 5.56 Å². The molecular formula is C14H15N3O3. The summed E-state index contributed by atoms with van der Waals surface area (Å²) in [5.41, 5.74) is 4.25. The van der Waals surface area contributed by atoms with Crippen LogP contribution in [0.5, 0.6) is 0 Å². The zero-order valence-electron chi connectivity index (χ0n) is 10.9. The van der Waals surface area contributed by atoms with Gasteiger partial charge in [-0.1, -0.05) is 6.07 Å². The average molecular weight is 273 g/mol. The average Bonchev–Trinajstić information content (AvgIpc) is 3.10. The largest absolute Gasteiger partial charge is 0.454 e. The molecule has 2 heterocycles. The van der Waals surface area contributed by atoms with Gasteiger partial charge in [0.05, 0.1) is 6.54 Å². The predicted molar refractivity (Wildman–Crippen MR) is 72.2 cm³/mol. The lowest BCUT2D eigenvalue weighted by Gasteiger charge is -2.10. The number of furan rings is 1. The van der Waals surface area contributed by atoms with Crippen molar-refractivity contribution in [2.75, 3.05) is 0 Å². The Kier molecular flexibility index (Phi) is 3.15. The number of pyridine rings is 1. The van der Waals surface area contributed by atoms with E-state index in [1.54, 1.807) is 22.8 Å². The fourth-order valence-corrected chi connectivity index (χ4v) is 2.62. The van der Waals surface area contributed by atoms with E-state index >= 15 is 0 Å². The first-order chi connectivity index (χ1) is 9.69. The van der Waals surface area contributed by atoms with Gasteiger partial charge in [-0.3, -0.25) is 15.0 Å². The lowest BCUT2D eigenvalue weighted by Crippen LogP contribution is -2.29. The highest BCUT2D eigenvalue weighted by Crippen LogP contribution is 2.21. The Hall–Kier alpha value is -2.34. The SMILES string of the molecule is NNC(=O)c1ccc(Cn2c3c(ccc2=O)CCC3)o1. The molecule has 104 valence electrons. The Balaban J connectivity index is 1.92. The van der Waals surface area contributed by atoms with Crippen LogP contribution in [0.3, 0.4) is 0 Å². The number of rotatable bonds is 3. The van der Waals surface area contributed by atoms with Gasteiger partial charge in [0.15, 0.2) is 5.76 Å². The summed E-state index contributed by atoms with van der Waals surface area (Å²) < 4.78 is 7.12. The summed E-state index contributed by atoms with van der Waals surface area (Å²) in [4.78, 5) is 23.3. The van der Waals surface area contributed by atoms with E-state index in [2.05, 4.69) is 0 Å². The van der Waals surface area contributed by atoms with Crippen molar-refractivity contribution in [3.8, 4) is 0 Å². The van der Waals surface area contributed by atoms with E-state index < -0.39 is 5.91 Å². The van der Waals surface area contributed by atoms with Crippen LogP contribution in [0.1, 0.15) is 34.0 Å². The van der Waals surface area contributed by atoms with Crippen LogP contribution in [-0.4, -0.2) is 10.5 Å². The molecule has 0 aliphatic heterocycles. The van der Waals surface area contributed by atoms with Crippen molar-refractivity contribution in [2.24, 2.45) is 5.84 Å². The summed E-state index contributed by atoms with van der Waals surface area (Å²) in [5.74, 6) is 5.27. The maximum Gasteiger partial charge on any atom is 0.300 e. The van der Waals surface area contributed by atoms with E-state index in [1.165, 1.54) is 5.56 Å². The molecule has 0 saturated heterocycles. The van der Waals surface area contributed by atoms with Gasteiger partial charge in [-0.15, -0.1) is 0 Å². The first kappa shape index (κ1) is 12.7. The third kappa shape index (κ3) is 2.14. The molecule has 0 atom stereocenters. The van der Waals surface area contributed by atoms with Crippen molar-refractivity contribution in [3.05, 3.63) is 57.4 Å². The van der Waals surface area contributed by atoms with Gasteiger partial charge in [0.2, 0.25) is 0 Å². The van der Waals surface area contributed by atoms with Crippen molar-refractivity contribution < 1.29 is 9.21 Å². The Bertz CT molecular complexity index is 715. The molecule has 6 nitrogen and oxygen atoms in total. The fourth-order valence-electron chi connectivity index (χ4n) is 2.62. The van der Waals surface area contributed by atoms with Crippen LogP contribution in [0.15, 0.2) is 33.5 Å². The highest BCUT2D eigenvalue weighted by molar-refractivity contribution is 5.90. The number of nitrogens with two attached hydrogens (primary N) is 1. The molecule has 0 fully saturated rings. The van der Waals surface area contributed by atoms with Gasteiger partial charge in [-0.05, 0) is 37.0 Å². The molecule has 0 unspecified atom stereocenters. The van der Waals surface area contributed by atoms with Gasteiger partial charge in [0.1, 0.15) is 5.76 Å². The second-order valence-electron chi connectivity index (χ2n) is 4.82. The van der Waals surface area contributed by atoms with Gasteiger partial charge in [-0.25, -0.2) is 5.84 Å². The topological polar surface area (TPSA) is 90.3 Å². The number of nitrogen functional groups attached to an aromatic ring is 1. The molecule has 1 amide bonds. The molecule has 3 rings (SSSR count). The van der Waals surface area contributed by atoms with Crippen molar-refractivity contribution in [2.45, 2.75) is 25.8 Å². The minimum absolute atomic E-state index is 0.0492. The zero-order chi connectivity index (χ0) is 14.1. The zero-order valence-corrected chi connectivity index (χ0v) is 10.9. The summed E-state index contributed by atoms with van der Waals surface area (Å²) in [6.07, 6.45) is 2.98. The number of fused-ring (bicyclic) bond motifs is 1. The summed E-state index contributed by atoms with van der Waals surface area (Å²) in [6, 6.07) is 6.72. The Morgan fingerprint density at radius 1 is 1.30 bits per heavy atom. The number of aryl methyl sites for hydroxylation is 1. The van der Waals surface area contributed by atoms with E-state index in [0.717, 1.165) is 25.0 Å². The lowest BCUT2D eigenvalue weighted by atomic mass is 10.2. The van der Waals surface area contributed by atoms with Crippen LogP contribution in [0, 0.1) is 0 Å². The van der Waals surface area contributed by atoms with E-state index in [0.29, 0.717) is 12.3 Å². The maximum absolute atomic E-state index is 12.0. The van der Waals surface area contributed by atoms with Crippen LogP contribution in [0.4, 0.5) is 0 Å². The summed E-state index contributed by atoms with van der Waals surface area (Å²) in [7, 11) is 0. The molecule has 0 saturated carbocycles. The van der Waals surface area contributed by atoms with E-state index in [4.69, 9.17) is 10.3 Å². The number of aromatic nitrogens is 1. The molecule has 1 aliphatic carbocycles. The molecule has 0 aromatic carbocycles. The summed E-state index contributed by atoms with van der Waals surface area (Å²) in [6.45, 7) is 0.333. The number of hydrogen-bond donors (Lipinski definition) is 2. The van der Waals surface area contributed by atoms with Gasteiger partial charge in [0, 0.05) is 11.8 Å². The van der Waals surface area contributed by atoms with Gasteiger partial charge >= 0.3 is 5.91 Å². The number of carbonyl (C=O) groups excluding carboxylic acids is 1. The molecule has 0 radical (unpaired) electrons. The van der Waals surface area contributed by atoms with Crippen molar-refractivity contribution in [3.63, 3.8) is 0 Å². The fraction of sp³-hybridized carbons (Fsp3) is 0.286. The van der Waals surface area contributed by atoms with E-state index in [1.807, 2.05) is 11.5 Å². The molecule has 20 heavy (non-hydrogen) atoms. The minimum atomic E-state index is -0.484. The number of amides is 1. The molecule has 2 aromatic rings. The van der Waals surface area contributed by atoms with Crippen LogP contribution in [-0.2, 0) is 19.4 Å². The van der Waals surface area contributed by atoms with Crippen molar-refractivity contribution >= 4 is 5.91 Å². The Morgan fingerprint density at radius 2 is 2.15 bits per heavy atom. The maximum atomic E-state index is 12.0. The first-order valence-electron chi connectivity index (χ1n) is 6.50. The van der Waals surface area contributed by atoms with Crippen molar-refractivity contribution in [1.82, 2.24) is 9.99 Å². The van der Waals surface area contributed by atoms with Crippen LogP contribution in [0.25, 0.3) is 0 Å². The molecule has 0 bridgehead atoms. The summed E-state index contributed by atoms with van der Waals surface area (Å²) >= 11 is 0. The highest BCUT2D eigenvalue weighted by atomic mass is 16.4. The highest BCUT2D eigenvalue weighted by Gasteiger charge is 2.17. The number of nitrogens with one attached hydrogen (secondary N) is 1. The molecule has 1 aliphatic rings. The van der Waals surface area contributed by atoms with Gasteiger partial charge < -0.3 is 8.98 Å². The second-order valence-corrected chi connectivity index (χ2v) is 4.82. The second kappa shape index (κ2) is 4.97.